The second-order valence-electron chi connectivity index (χ2n) is 2.96. The van der Waals surface area contributed by atoms with Crippen molar-refractivity contribution in [2.75, 3.05) is 6.54 Å². The van der Waals surface area contributed by atoms with E-state index in [1.54, 1.807) is 0 Å². The molecular formula is C7H4F6N4O. The molecule has 0 fully saturated rings. The van der Waals surface area contributed by atoms with Crippen LogP contribution in [0.2, 0.25) is 0 Å². The highest BCUT2D eigenvalue weighted by Gasteiger charge is 2.47. The quantitative estimate of drug-likeness (QED) is 0.644. The van der Waals surface area contributed by atoms with Crippen LogP contribution in [0.15, 0.2) is 0 Å². The van der Waals surface area contributed by atoms with Crippen LogP contribution >= 0.6 is 0 Å². The van der Waals surface area contributed by atoms with Gasteiger partial charge in [-0.25, -0.2) is 4.98 Å². The molecule has 0 saturated carbocycles. The number of alkyl halides is 6. The SMILES string of the molecule is NCC(=O)c1nnc(C(F)(F)F)c(C(F)(F)F)n1. The molecule has 0 spiro atoms. The number of carbonyl (C=O) groups is 1. The van der Waals surface area contributed by atoms with Crippen LogP contribution in [0.4, 0.5) is 26.3 Å². The summed E-state index contributed by atoms with van der Waals surface area (Å²) in [4.78, 5) is 13.4. The van der Waals surface area contributed by atoms with E-state index in [1.807, 2.05) is 0 Å². The van der Waals surface area contributed by atoms with Gasteiger partial charge in [-0.05, 0) is 0 Å². The molecule has 0 aromatic carbocycles. The van der Waals surface area contributed by atoms with Gasteiger partial charge in [0.25, 0.3) is 0 Å². The van der Waals surface area contributed by atoms with Crippen molar-refractivity contribution in [2.45, 2.75) is 12.4 Å². The summed E-state index contributed by atoms with van der Waals surface area (Å²) < 4.78 is 73.8. The molecule has 0 atom stereocenters. The molecule has 0 amide bonds. The Hall–Kier alpha value is -1.78. The van der Waals surface area contributed by atoms with Gasteiger partial charge in [0.05, 0.1) is 6.54 Å². The van der Waals surface area contributed by atoms with Gasteiger partial charge in [-0.1, -0.05) is 0 Å². The first-order valence-electron chi connectivity index (χ1n) is 4.19. The van der Waals surface area contributed by atoms with Crippen LogP contribution in [0, 0.1) is 0 Å². The summed E-state index contributed by atoms with van der Waals surface area (Å²) in [5.41, 5.74) is 0.206. The first-order chi connectivity index (χ1) is 8.07. The molecule has 1 aromatic rings. The highest BCUT2D eigenvalue weighted by molar-refractivity contribution is 5.93. The van der Waals surface area contributed by atoms with E-state index in [4.69, 9.17) is 5.73 Å². The van der Waals surface area contributed by atoms with Gasteiger partial charge in [0.15, 0.2) is 11.4 Å². The lowest BCUT2D eigenvalue weighted by Gasteiger charge is -2.12. The second-order valence-corrected chi connectivity index (χ2v) is 2.96. The molecule has 18 heavy (non-hydrogen) atoms. The van der Waals surface area contributed by atoms with Crippen molar-refractivity contribution in [2.24, 2.45) is 5.73 Å². The van der Waals surface area contributed by atoms with Crippen LogP contribution in [0.1, 0.15) is 22.0 Å². The molecule has 1 rings (SSSR count). The number of aromatic nitrogens is 3. The number of ketones is 1. The van der Waals surface area contributed by atoms with Gasteiger partial charge in [0.1, 0.15) is 0 Å². The fraction of sp³-hybridized carbons (Fsp3) is 0.429. The van der Waals surface area contributed by atoms with Crippen LogP contribution in [-0.2, 0) is 12.4 Å². The summed E-state index contributed by atoms with van der Waals surface area (Å²) in [6.45, 7) is -0.746. The highest BCUT2D eigenvalue weighted by Crippen LogP contribution is 2.37. The lowest BCUT2D eigenvalue weighted by molar-refractivity contribution is -0.168. The summed E-state index contributed by atoms with van der Waals surface area (Å²) in [6, 6.07) is 0. The summed E-state index contributed by atoms with van der Waals surface area (Å²) in [7, 11) is 0. The smallest absolute Gasteiger partial charge is 0.324 e. The van der Waals surface area contributed by atoms with Crippen LogP contribution in [0.25, 0.3) is 0 Å². The third kappa shape index (κ3) is 2.91. The number of halogens is 6. The minimum atomic E-state index is -5.41. The van der Waals surface area contributed by atoms with E-state index in [0.717, 1.165) is 0 Å². The van der Waals surface area contributed by atoms with Crippen molar-refractivity contribution >= 4 is 5.78 Å². The molecule has 0 bridgehead atoms. The summed E-state index contributed by atoms with van der Waals surface area (Å²) in [5.74, 6) is -2.26. The second kappa shape index (κ2) is 4.48. The number of nitrogens with two attached hydrogens (primary N) is 1. The van der Waals surface area contributed by atoms with Crippen molar-refractivity contribution in [3.05, 3.63) is 17.2 Å². The number of carbonyl (C=O) groups excluding carboxylic acids is 1. The van der Waals surface area contributed by atoms with Gasteiger partial charge in [0.2, 0.25) is 11.6 Å². The third-order valence-electron chi connectivity index (χ3n) is 1.66. The van der Waals surface area contributed by atoms with Crippen LogP contribution in [0.3, 0.4) is 0 Å². The van der Waals surface area contributed by atoms with E-state index in [2.05, 4.69) is 15.2 Å². The number of hydrogen-bond donors (Lipinski definition) is 1. The Balaban J connectivity index is 3.45. The van der Waals surface area contributed by atoms with Gasteiger partial charge in [-0.15, -0.1) is 10.2 Å². The average molecular weight is 274 g/mol. The lowest BCUT2D eigenvalue weighted by Crippen LogP contribution is -2.26. The minimum Gasteiger partial charge on any atom is -0.324 e. The zero-order chi connectivity index (χ0) is 14.1. The van der Waals surface area contributed by atoms with Crippen molar-refractivity contribution < 1.29 is 31.1 Å². The van der Waals surface area contributed by atoms with Crippen molar-refractivity contribution in [1.82, 2.24) is 15.2 Å². The Morgan fingerprint density at radius 2 is 1.50 bits per heavy atom. The van der Waals surface area contributed by atoms with E-state index in [0.29, 0.717) is 0 Å². The molecule has 0 aliphatic heterocycles. The molecule has 11 heteroatoms. The first kappa shape index (κ1) is 14.3. The molecular weight excluding hydrogens is 270 g/mol. The van der Waals surface area contributed by atoms with Gasteiger partial charge in [-0.2, -0.15) is 26.3 Å². The van der Waals surface area contributed by atoms with Crippen LogP contribution in [0.5, 0.6) is 0 Å². The first-order valence-corrected chi connectivity index (χ1v) is 4.19. The van der Waals surface area contributed by atoms with E-state index in [1.165, 1.54) is 0 Å². The van der Waals surface area contributed by atoms with E-state index >= 15 is 0 Å². The molecule has 0 saturated heterocycles. The number of Topliss-reactive ketones (excluding diaryl/α,β-unsaturated/α-hetero) is 1. The Bertz CT molecular complexity index is 468. The predicted octanol–water partition coefficient (Wildman–Crippen LogP) is 1.05. The van der Waals surface area contributed by atoms with Crippen molar-refractivity contribution in [1.29, 1.82) is 0 Å². The molecule has 0 unspecified atom stereocenters. The Morgan fingerprint density at radius 1 is 1.00 bits per heavy atom. The summed E-state index contributed by atoms with van der Waals surface area (Å²) in [5, 5.41) is 5.03. The number of rotatable bonds is 2. The van der Waals surface area contributed by atoms with Crippen molar-refractivity contribution in [3.8, 4) is 0 Å². The van der Waals surface area contributed by atoms with Crippen molar-refractivity contribution in [3.63, 3.8) is 0 Å². The topological polar surface area (TPSA) is 81.8 Å². The lowest BCUT2D eigenvalue weighted by atomic mass is 10.3. The van der Waals surface area contributed by atoms with E-state index in [9.17, 15) is 31.1 Å². The molecule has 5 nitrogen and oxygen atoms in total. The summed E-state index contributed by atoms with van der Waals surface area (Å²) in [6.07, 6.45) is -10.8. The zero-order valence-corrected chi connectivity index (χ0v) is 8.30. The van der Waals surface area contributed by atoms with Crippen LogP contribution < -0.4 is 5.73 Å². The molecule has 2 N–H and O–H groups in total. The standard InChI is InChI=1S/C7H4F6N4O/c8-6(9,10)3-4(7(11,12)13)16-17-5(15-3)2(18)1-14/h1,14H2. The number of hydrogen-bond acceptors (Lipinski definition) is 5. The Labute approximate surface area is 95.0 Å². The fourth-order valence-electron chi connectivity index (χ4n) is 0.924. The molecule has 100 valence electrons. The highest BCUT2D eigenvalue weighted by atomic mass is 19.4. The monoisotopic (exact) mass is 274 g/mol. The maximum Gasteiger partial charge on any atom is 0.437 e. The summed E-state index contributed by atoms with van der Waals surface area (Å²) >= 11 is 0. The molecule has 1 aromatic heterocycles. The normalized spacial score (nSPS) is 12.6. The van der Waals surface area contributed by atoms with E-state index in [-0.39, 0.29) is 0 Å². The van der Waals surface area contributed by atoms with E-state index < -0.39 is 41.9 Å². The zero-order valence-electron chi connectivity index (χ0n) is 8.30. The van der Waals surface area contributed by atoms with Gasteiger partial charge >= 0.3 is 12.4 Å². The molecule has 0 radical (unpaired) electrons. The van der Waals surface area contributed by atoms with Crippen LogP contribution in [-0.4, -0.2) is 27.5 Å². The van der Waals surface area contributed by atoms with Gasteiger partial charge in [0, 0.05) is 0 Å². The molecule has 0 aliphatic rings. The average Bonchev–Trinajstić information content (AvgIpc) is 2.24. The minimum absolute atomic E-state index is 0.746. The molecule has 0 aliphatic carbocycles. The maximum atomic E-state index is 12.4. The fourth-order valence-corrected chi connectivity index (χ4v) is 0.924. The van der Waals surface area contributed by atoms with Gasteiger partial charge < -0.3 is 5.73 Å². The third-order valence-corrected chi connectivity index (χ3v) is 1.66. The van der Waals surface area contributed by atoms with Gasteiger partial charge in [-0.3, -0.25) is 4.79 Å². The largest absolute Gasteiger partial charge is 0.437 e. The Morgan fingerprint density at radius 3 is 1.89 bits per heavy atom. The Kier molecular flexibility index (Phi) is 3.55. The maximum absolute atomic E-state index is 12.4. The molecule has 1 heterocycles. The number of nitrogens with zero attached hydrogens (tertiary/aromatic N) is 3. The predicted molar refractivity (Wildman–Crippen MR) is 43.2 cm³/mol.